The summed E-state index contributed by atoms with van der Waals surface area (Å²) < 4.78 is 0. The molecule has 0 N–H and O–H groups in total. The second-order valence-corrected chi connectivity index (χ2v) is 8.23. The van der Waals surface area contributed by atoms with Gasteiger partial charge in [0.1, 0.15) is 0 Å². The summed E-state index contributed by atoms with van der Waals surface area (Å²) in [5, 5.41) is 0. The Balaban J connectivity index is 1.34. The average Bonchev–Trinajstić information content (AvgIpc) is 2.98. The van der Waals surface area contributed by atoms with Gasteiger partial charge in [0.2, 0.25) is 0 Å². The Hall–Kier alpha value is -5.03. The first-order chi connectivity index (χ1) is 17.8. The Morgan fingerprint density at radius 3 is 1.11 bits per heavy atom. The van der Waals surface area contributed by atoms with Gasteiger partial charge in [0.15, 0.2) is 0 Å². The Morgan fingerprint density at radius 1 is 0.306 bits per heavy atom. The largest absolute Gasteiger partial charge is 0.255 e. The molecule has 0 saturated carbocycles. The molecule has 5 heterocycles. The van der Waals surface area contributed by atoms with Gasteiger partial charge in [-0.3, -0.25) is 9.97 Å². The van der Waals surface area contributed by atoms with Crippen LogP contribution < -0.4 is 0 Å². The lowest BCUT2D eigenvalue weighted by atomic mass is 10.0. The van der Waals surface area contributed by atoms with E-state index in [1.807, 2.05) is 97.1 Å². The molecule has 0 aliphatic heterocycles. The van der Waals surface area contributed by atoms with E-state index in [1.165, 1.54) is 0 Å². The van der Waals surface area contributed by atoms with Gasteiger partial charge in [-0.05, 0) is 66.7 Å². The highest BCUT2D eigenvalue weighted by atomic mass is 14.8. The third-order valence-corrected chi connectivity index (χ3v) is 5.82. The molecule has 0 bridgehead atoms. The molecule has 0 aliphatic carbocycles. The molecule has 0 atom stereocenters. The minimum Gasteiger partial charge on any atom is -0.255 e. The molecule has 5 aromatic heterocycles. The highest BCUT2D eigenvalue weighted by Gasteiger charge is 2.09. The molecule has 0 saturated heterocycles. The Kier molecular flexibility index (Phi) is 5.78. The van der Waals surface area contributed by atoms with Crippen LogP contribution in [0.3, 0.4) is 0 Å². The molecule has 0 spiro atoms. The van der Waals surface area contributed by atoms with Crippen molar-refractivity contribution in [1.29, 1.82) is 0 Å². The molecule has 0 radical (unpaired) electrons. The molecule has 5 nitrogen and oxygen atoms in total. The zero-order chi connectivity index (χ0) is 24.2. The van der Waals surface area contributed by atoms with Gasteiger partial charge in [-0.15, -0.1) is 0 Å². The van der Waals surface area contributed by atoms with E-state index < -0.39 is 0 Å². The highest BCUT2D eigenvalue weighted by molar-refractivity contribution is 5.72. The molecular formula is C31H21N5. The van der Waals surface area contributed by atoms with Gasteiger partial charge in [0.25, 0.3) is 0 Å². The van der Waals surface area contributed by atoms with Crippen molar-refractivity contribution in [3.05, 3.63) is 128 Å². The van der Waals surface area contributed by atoms with Crippen molar-refractivity contribution in [2.75, 3.05) is 0 Å². The first-order valence-corrected chi connectivity index (χ1v) is 11.7. The van der Waals surface area contributed by atoms with Crippen LogP contribution >= 0.6 is 0 Å². The summed E-state index contributed by atoms with van der Waals surface area (Å²) in [5.41, 5.74) is 8.77. The number of aromatic nitrogens is 5. The molecule has 1 aromatic carbocycles. The second-order valence-electron chi connectivity index (χ2n) is 8.23. The molecule has 0 fully saturated rings. The first-order valence-electron chi connectivity index (χ1n) is 11.7. The molecule has 170 valence electrons. The molecule has 0 unspecified atom stereocenters. The predicted octanol–water partition coefficient (Wildman–Crippen LogP) is 7.00. The fourth-order valence-electron chi connectivity index (χ4n) is 4.06. The maximum atomic E-state index is 4.93. The quantitative estimate of drug-likeness (QED) is 0.275. The van der Waals surface area contributed by atoms with Gasteiger partial charge in [-0.1, -0.05) is 48.5 Å². The van der Waals surface area contributed by atoms with Crippen LogP contribution in [0.5, 0.6) is 0 Å². The smallest absolute Gasteiger partial charge is 0.0894 e. The van der Waals surface area contributed by atoms with E-state index in [-0.39, 0.29) is 0 Å². The van der Waals surface area contributed by atoms with Crippen molar-refractivity contribution in [2.24, 2.45) is 0 Å². The van der Waals surface area contributed by atoms with Crippen molar-refractivity contribution in [3.8, 4) is 56.7 Å². The number of benzene rings is 1. The summed E-state index contributed by atoms with van der Waals surface area (Å²) in [7, 11) is 0. The van der Waals surface area contributed by atoms with Crippen molar-refractivity contribution >= 4 is 0 Å². The van der Waals surface area contributed by atoms with Gasteiger partial charge < -0.3 is 0 Å². The third-order valence-electron chi connectivity index (χ3n) is 5.82. The van der Waals surface area contributed by atoms with Gasteiger partial charge in [0.05, 0.1) is 45.6 Å². The van der Waals surface area contributed by atoms with E-state index in [2.05, 4.69) is 28.2 Å². The fourth-order valence-corrected chi connectivity index (χ4v) is 4.06. The predicted molar refractivity (Wildman–Crippen MR) is 143 cm³/mol. The molecule has 0 amide bonds. The Morgan fingerprint density at radius 2 is 0.667 bits per heavy atom. The van der Waals surface area contributed by atoms with Crippen LogP contribution in [0.25, 0.3) is 56.7 Å². The Labute approximate surface area is 209 Å². The van der Waals surface area contributed by atoms with Gasteiger partial charge in [-0.25, -0.2) is 15.0 Å². The van der Waals surface area contributed by atoms with Gasteiger partial charge in [0, 0.05) is 23.5 Å². The first kappa shape index (κ1) is 21.5. The monoisotopic (exact) mass is 463 g/mol. The number of pyridine rings is 5. The van der Waals surface area contributed by atoms with Crippen LogP contribution in [0.4, 0.5) is 0 Å². The maximum absolute atomic E-state index is 4.93. The van der Waals surface area contributed by atoms with Crippen molar-refractivity contribution < 1.29 is 0 Å². The van der Waals surface area contributed by atoms with Crippen LogP contribution in [-0.2, 0) is 0 Å². The van der Waals surface area contributed by atoms with Gasteiger partial charge >= 0.3 is 0 Å². The van der Waals surface area contributed by atoms with E-state index in [0.29, 0.717) is 0 Å². The lowest BCUT2D eigenvalue weighted by Crippen LogP contribution is -1.93. The summed E-state index contributed by atoms with van der Waals surface area (Å²) in [6.07, 6.45) is 3.56. The van der Waals surface area contributed by atoms with E-state index in [9.17, 15) is 0 Å². The molecule has 6 aromatic rings. The van der Waals surface area contributed by atoms with Crippen LogP contribution in [0.2, 0.25) is 0 Å². The lowest BCUT2D eigenvalue weighted by Gasteiger charge is -2.09. The third kappa shape index (κ3) is 4.50. The zero-order valence-corrected chi connectivity index (χ0v) is 19.4. The number of hydrogen-bond acceptors (Lipinski definition) is 5. The number of hydrogen-bond donors (Lipinski definition) is 0. The Bertz CT molecular complexity index is 1510. The van der Waals surface area contributed by atoms with E-state index in [1.54, 1.807) is 12.4 Å². The molecular weight excluding hydrogens is 442 g/mol. The molecule has 0 aliphatic rings. The SMILES string of the molecule is c1ccc(-c2cccc(-c3cccc(-c4cccc(-c5cccc(-c6ccccn6)n5)n4)c3)n2)nc1. The summed E-state index contributed by atoms with van der Waals surface area (Å²) in [6, 6.07) is 37.9. The van der Waals surface area contributed by atoms with E-state index >= 15 is 0 Å². The number of rotatable bonds is 5. The molecule has 6 rings (SSSR count). The zero-order valence-electron chi connectivity index (χ0n) is 19.4. The summed E-state index contributed by atoms with van der Waals surface area (Å²) in [4.78, 5) is 23.4. The number of nitrogens with zero attached hydrogens (tertiary/aromatic N) is 5. The summed E-state index contributed by atoms with van der Waals surface area (Å²) in [5.74, 6) is 0. The summed E-state index contributed by atoms with van der Waals surface area (Å²) in [6.45, 7) is 0. The van der Waals surface area contributed by atoms with Crippen molar-refractivity contribution in [1.82, 2.24) is 24.9 Å². The van der Waals surface area contributed by atoms with Crippen LogP contribution in [0.15, 0.2) is 128 Å². The topological polar surface area (TPSA) is 64.5 Å². The highest BCUT2D eigenvalue weighted by Crippen LogP contribution is 2.28. The maximum Gasteiger partial charge on any atom is 0.0894 e. The van der Waals surface area contributed by atoms with Crippen molar-refractivity contribution in [2.45, 2.75) is 0 Å². The van der Waals surface area contributed by atoms with Crippen LogP contribution in [-0.4, -0.2) is 24.9 Å². The normalized spacial score (nSPS) is 10.8. The van der Waals surface area contributed by atoms with E-state index in [0.717, 1.165) is 56.7 Å². The van der Waals surface area contributed by atoms with E-state index in [4.69, 9.17) is 15.0 Å². The average molecular weight is 464 g/mol. The fraction of sp³-hybridized carbons (Fsp3) is 0. The second kappa shape index (κ2) is 9.68. The van der Waals surface area contributed by atoms with Crippen LogP contribution in [0, 0.1) is 0 Å². The molecule has 5 heteroatoms. The minimum atomic E-state index is 0.806. The van der Waals surface area contributed by atoms with Crippen molar-refractivity contribution in [3.63, 3.8) is 0 Å². The van der Waals surface area contributed by atoms with Gasteiger partial charge in [-0.2, -0.15) is 0 Å². The van der Waals surface area contributed by atoms with Crippen LogP contribution in [0.1, 0.15) is 0 Å². The lowest BCUT2D eigenvalue weighted by molar-refractivity contribution is 1.22. The standard InChI is InChI=1S/C31H21N5/c1-3-19-32-26(11-1)28-15-6-13-24(34-28)22-9-5-10-23(21-22)25-14-7-17-30(35-25)31-18-8-16-29(36-31)27-12-2-4-20-33-27/h1-21H. The summed E-state index contributed by atoms with van der Waals surface area (Å²) >= 11 is 0. The minimum absolute atomic E-state index is 0.806. The molecule has 36 heavy (non-hydrogen) atoms.